The van der Waals surface area contributed by atoms with Gasteiger partial charge in [-0.15, -0.1) is 0 Å². The van der Waals surface area contributed by atoms with Gasteiger partial charge in [0.05, 0.1) is 11.4 Å². The Kier molecular flexibility index (Phi) is 2.89. The second kappa shape index (κ2) is 4.59. The van der Waals surface area contributed by atoms with Crippen molar-refractivity contribution in [1.29, 1.82) is 0 Å². The zero-order chi connectivity index (χ0) is 14.3. The molecule has 1 aliphatic heterocycles. The number of amides is 1. The Morgan fingerprint density at radius 3 is 2.75 bits per heavy atom. The standard InChI is InChI=1S/C15H15N3O2/c1-8-6-12(17-10(3)16-8)11-4-5-14-13(7-11)18-15(19)9(2)20-14/h4-7,9H,1-3H3,(H,18,19). The summed E-state index contributed by atoms with van der Waals surface area (Å²) >= 11 is 0. The van der Waals surface area contributed by atoms with Gasteiger partial charge in [0, 0.05) is 11.3 Å². The van der Waals surface area contributed by atoms with E-state index in [0.717, 1.165) is 22.8 Å². The molecule has 1 N–H and O–H groups in total. The Morgan fingerprint density at radius 2 is 2.00 bits per heavy atom. The number of aromatic nitrogens is 2. The van der Waals surface area contributed by atoms with Crippen molar-refractivity contribution in [3.05, 3.63) is 35.8 Å². The molecule has 5 nitrogen and oxygen atoms in total. The van der Waals surface area contributed by atoms with E-state index >= 15 is 0 Å². The van der Waals surface area contributed by atoms with Gasteiger partial charge in [0.1, 0.15) is 11.6 Å². The maximum absolute atomic E-state index is 11.7. The molecule has 0 bridgehead atoms. The smallest absolute Gasteiger partial charge is 0.265 e. The molecule has 0 aliphatic carbocycles. The van der Waals surface area contributed by atoms with E-state index in [1.807, 2.05) is 38.1 Å². The van der Waals surface area contributed by atoms with Gasteiger partial charge < -0.3 is 10.1 Å². The van der Waals surface area contributed by atoms with Crippen LogP contribution in [0, 0.1) is 13.8 Å². The largest absolute Gasteiger partial charge is 0.479 e. The van der Waals surface area contributed by atoms with Gasteiger partial charge in [0.2, 0.25) is 0 Å². The van der Waals surface area contributed by atoms with Crippen molar-refractivity contribution in [2.75, 3.05) is 5.32 Å². The van der Waals surface area contributed by atoms with Gasteiger partial charge in [0.25, 0.3) is 5.91 Å². The highest BCUT2D eigenvalue weighted by atomic mass is 16.5. The molecule has 2 heterocycles. The summed E-state index contributed by atoms with van der Waals surface area (Å²) in [5.41, 5.74) is 3.36. The van der Waals surface area contributed by atoms with E-state index in [1.54, 1.807) is 6.92 Å². The van der Waals surface area contributed by atoms with Crippen molar-refractivity contribution < 1.29 is 9.53 Å². The minimum absolute atomic E-state index is 0.135. The average Bonchev–Trinajstić information content (AvgIpc) is 2.38. The van der Waals surface area contributed by atoms with Crippen LogP contribution < -0.4 is 10.1 Å². The van der Waals surface area contributed by atoms with Crippen LogP contribution in [0.3, 0.4) is 0 Å². The summed E-state index contributed by atoms with van der Waals surface area (Å²) < 4.78 is 5.54. The normalized spacial score (nSPS) is 17.1. The van der Waals surface area contributed by atoms with E-state index < -0.39 is 6.10 Å². The van der Waals surface area contributed by atoms with Gasteiger partial charge in [-0.3, -0.25) is 4.79 Å². The Hall–Kier alpha value is -2.43. The number of aryl methyl sites for hydroxylation is 2. The van der Waals surface area contributed by atoms with Gasteiger partial charge in [-0.1, -0.05) is 0 Å². The third kappa shape index (κ3) is 2.22. The number of ether oxygens (including phenoxy) is 1. The maximum atomic E-state index is 11.7. The lowest BCUT2D eigenvalue weighted by molar-refractivity contribution is -0.122. The van der Waals surface area contributed by atoms with Crippen molar-refractivity contribution in [3.8, 4) is 17.0 Å². The van der Waals surface area contributed by atoms with Gasteiger partial charge in [-0.25, -0.2) is 9.97 Å². The summed E-state index contributed by atoms with van der Waals surface area (Å²) in [5, 5.41) is 2.84. The third-order valence-electron chi connectivity index (χ3n) is 3.17. The highest BCUT2D eigenvalue weighted by molar-refractivity contribution is 5.98. The van der Waals surface area contributed by atoms with Crippen LogP contribution in [0.15, 0.2) is 24.3 Å². The lowest BCUT2D eigenvalue weighted by Crippen LogP contribution is -2.34. The molecular weight excluding hydrogens is 254 g/mol. The molecular formula is C15H15N3O2. The number of anilines is 1. The number of carbonyl (C=O) groups is 1. The fraction of sp³-hybridized carbons (Fsp3) is 0.267. The minimum Gasteiger partial charge on any atom is -0.479 e. The summed E-state index contributed by atoms with van der Waals surface area (Å²) in [4.78, 5) is 20.3. The predicted octanol–water partition coefficient (Wildman–Crippen LogP) is 2.48. The van der Waals surface area contributed by atoms with E-state index in [0.29, 0.717) is 11.4 Å². The fourth-order valence-corrected chi connectivity index (χ4v) is 2.23. The number of hydrogen-bond acceptors (Lipinski definition) is 4. The number of carbonyl (C=O) groups excluding carboxylic acids is 1. The third-order valence-corrected chi connectivity index (χ3v) is 3.17. The average molecular weight is 269 g/mol. The van der Waals surface area contributed by atoms with Crippen LogP contribution in [-0.2, 0) is 4.79 Å². The topological polar surface area (TPSA) is 64.1 Å². The van der Waals surface area contributed by atoms with E-state index in [4.69, 9.17) is 4.74 Å². The number of fused-ring (bicyclic) bond motifs is 1. The molecule has 1 aromatic carbocycles. The maximum Gasteiger partial charge on any atom is 0.265 e. The molecule has 0 spiro atoms. The van der Waals surface area contributed by atoms with Gasteiger partial charge >= 0.3 is 0 Å². The molecule has 5 heteroatoms. The number of benzene rings is 1. The zero-order valence-corrected chi connectivity index (χ0v) is 11.6. The molecule has 0 fully saturated rings. The van der Waals surface area contributed by atoms with Crippen molar-refractivity contribution in [2.24, 2.45) is 0 Å². The zero-order valence-electron chi connectivity index (χ0n) is 11.6. The van der Waals surface area contributed by atoms with Crippen LogP contribution in [0.1, 0.15) is 18.4 Å². The molecule has 1 amide bonds. The molecule has 1 unspecified atom stereocenters. The van der Waals surface area contributed by atoms with Crippen molar-refractivity contribution >= 4 is 11.6 Å². The first-order valence-corrected chi connectivity index (χ1v) is 6.47. The monoisotopic (exact) mass is 269 g/mol. The van der Waals surface area contributed by atoms with Crippen LogP contribution in [0.5, 0.6) is 5.75 Å². The van der Waals surface area contributed by atoms with Crippen LogP contribution >= 0.6 is 0 Å². The number of nitrogens with zero attached hydrogens (tertiary/aromatic N) is 2. The summed E-state index contributed by atoms with van der Waals surface area (Å²) in [6, 6.07) is 7.58. The molecule has 20 heavy (non-hydrogen) atoms. The van der Waals surface area contributed by atoms with Crippen LogP contribution in [0.25, 0.3) is 11.3 Å². The van der Waals surface area contributed by atoms with Crippen molar-refractivity contribution in [2.45, 2.75) is 26.9 Å². The molecule has 3 rings (SSSR count). The molecule has 1 aromatic heterocycles. The van der Waals surface area contributed by atoms with Gasteiger partial charge in [-0.05, 0) is 45.0 Å². The summed E-state index contributed by atoms with van der Waals surface area (Å²) in [6.45, 7) is 5.52. The summed E-state index contributed by atoms with van der Waals surface area (Å²) in [6.07, 6.45) is -0.461. The van der Waals surface area contributed by atoms with Crippen LogP contribution in [0.2, 0.25) is 0 Å². The van der Waals surface area contributed by atoms with Crippen molar-refractivity contribution in [1.82, 2.24) is 9.97 Å². The highest BCUT2D eigenvalue weighted by Gasteiger charge is 2.23. The first kappa shape index (κ1) is 12.6. The van der Waals surface area contributed by atoms with E-state index in [-0.39, 0.29) is 5.91 Å². The number of nitrogens with one attached hydrogen (secondary N) is 1. The molecule has 2 aromatic rings. The first-order valence-electron chi connectivity index (χ1n) is 6.47. The SMILES string of the molecule is Cc1cc(-c2ccc3c(c2)NC(=O)C(C)O3)nc(C)n1. The summed E-state index contributed by atoms with van der Waals surface area (Å²) in [7, 11) is 0. The van der Waals surface area contributed by atoms with E-state index in [9.17, 15) is 4.79 Å². The highest BCUT2D eigenvalue weighted by Crippen LogP contribution is 2.33. The second-order valence-corrected chi connectivity index (χ2v) is 4.90. The van der Waals surface area contributed by atoms with Crippen molar-refractivity contribution in [3.63, 3.8) is 0 Å². The van der Waals surface area contributed by atoms with Gasteiger partial charge in [-0.2, -0.15) is 0 Å². The second-order valence-electron chi connectivity index (χ2n) is 4.90. The molecule has 1 atom stereocenters. The molecule has 102 valence electrons. The summed E-state index contributed by atoms with van der Waals surface area (Å²) in [5.74, 6) is 1.28. The van der Waals surface area contributed by atoms with Crippen LogP contribution in [-0.4, -0.2) is 22.0 Å². The lowest BCUT2D eigenvalue weighted by Gasteiger charge is -2.23. The number of rotatable bonds is 1. The molecule has 0 saturated heterocycles. The molecule has 0 saturated carbocycles. The quantitative estimate of drug-likeness (QED) is 0.863. The number of hydrogen-bond donors (Lipinski definition) is 1. The van der Waals surface area contributed by atoms with E-state index in [1.165, 1.54) is 0 Å². The minimum atomic E-state index is -0.461. The Balaban J connectivity index is 2.04. The van der Waals surface area contributed by atoms with Crippen LogP contribution in [0.4, 0.5) is 5.69 Å². The Morgan fingerprint density at radius 1 is 1.20 bits per heavy atom. The fourth-order valence-electron chi connectivity index (χ4n) is 2.23. The van der Waals surface area contributed by atoms with Gasteiger partial charge in [0.15, 0.2) is 6.10 Å². The Labute approximate surface area is 117 Å². The predicted molar refractivity (Wildman–Crippen MR) is 75.7 cm³/mol. The molecule has 1 aliphatic rings. The Bertz CT molecular complexity index is 677. The first-order chi connectivity index (χ1) is 9.52. The molecule has 0 radical (unpaired) electrons. The lowest BCUT2D eigenvalue weighted by atomic mass is 10.1. The van der Waals surface area contributed by atoms with E-state index in [2.05, 4.69) is 15.3 Å².